The maximum absolute atomic E-state index is 12.6. The highest BCUT2D eigenvalue weighted by molar-refractivity contribution is 5.97. The lowest BCUT2D eigenvalue weighted by molar-refractivity contribution is -0.120. The van der Waals surface area contributed by atoms with Gasteiger partial charge in [-0.15, -0.1) is 0 Å². The van der Waals surface area contributed by atoms with Crippen molar-refractivity contribution < 1.29 is 18.7 Å². The Morgan fingerprint density at radius 1 is 1.11 bits per heavy atom. The molecule has 2 amide bonds. The summed E-state index contributed by atoms with van der Waals surface area (Å²) in [7, 11) is 1.62. The van der Waals surface area contributed by atoms with E-state index < -0.39 is 0 Å². The molecule has 0 aliphatic heterocycles. The maximum atomic E-state index is 12.6. The average molecular weight is 381 g/mol. The van der Waals surface area contributed by atoms with Crippen LogP contribution in [0.1, 0.15) is 27.5 Å². The lowest BCUT2D eigenvalue weighted by atomic mass is 10.2. The largest absolute Gasteiger partial charge is 0.497 e. The van der Waals surface area contributed by atoms with E-state index in [1.54, 1.807) is 25.5 Å². The van der Waals surface area contributed by atoms with Gasteiger partial charge in [-0.25, -0.2) is 0 Å². The smallest absolute Gasteiger partial charge is 0.253 e. The van der Waals surface area contributed by atoms with Crippen molar-refractivity contribution in [2.45, 2.75) is 20.4 Å². The van der Waals surface area contributed by atoms with Crippen LogP contribution in [0.2, 0.25) is 0 Å². The highest BCUT2D eigenvalue weighted by Crippen LogP contribution is 2.22. The summed E-state index contributed by atoms with van der Waals surface area (Å²) in [6.45, 7) is 3.99. The molecule has 1 aromatic carbocycles. The van der Waals surface area contributed by atoms with Crippen molar-refractivity contribution in [3.05, 3.63) is 71.4 Å². The third-order valence-corrected chi connectivity index (χ3v) is 4.46. The van der Waals surface area contributed by atoms with E-state index in [2.05, 4.69) is 10.6 Å². The lowest BCUT2D eigenvalue weighted by Gasteiger charge is -2.11. The molecule has 0 fully saturated rings. The predicted molar refractivity (Wildman–Crippen MR) is 105 cm³/mol. The number of carbonyl (C=O) groups excluding carboxylic acids is 2. The van der Waals surface area contributed by atoms with Gasteiger partial charge in [0, 0.05) is 17.1 Å². The van der Waals surface area contributed by atoms with Crippen LogP contribution >= 0.6 is 0 Å². The summed E-state index contributed by atoms with van der Waals surface area (Å²) in [5.41, 5.74) is 3.20. The summed E-state index contributed by atoms with van der Waals surface area (Å²) in [6, 6.07) is 12.9. The van der Waals surface area contributed by atoms with E-state index in [1.165, 1.54) is 0 Å². The van der Waals surface area contributed by atoms with Crippen LogP contribution in [0.15, 0.2) is 53.1 Å². The molecule has 2 heterocycles. The number of rotatable bonds is 7. The zero-order chi connectivity index (χ0) is 20.1. The first kappa shape index (κ1) is 19.3. The number of carbonyl (C=O) groups is 2. The Bertz CT molecular complexity index is 956. The van der Waals surface area contributed by atoms with E-state index in [4.69, 9.17) is 9.15 Å². The number of furan rings is 1. The van der Waals surface area contributed by atoms with Crippen molar-refractivity contribution in [3.8, 4) is 11.4 Å². The van der Waals surface area contributed by atoms with E-state index >= 15 is 0 Å². The number of benzene rings is 1. The van der Waals surface area contributed by atoms with Gasteiger partial charge in [0.25, 0.3) is 5.91 Å². The number of aromatic nitrogens is 1. The molecule has 0 saturated heterocycles. The third kappa shape index (κ3) is 4.25. The molecule has 2 aromatic heterocycles. The number of hydrogen-bond acceptors (Lipinski definition) is 4. The van der Waals surface area contributed by atoms with Gasteiger partial charge in [-0.1, -0.05) is 0 Å². The molecule has 3 rings (SSSR count). The van der Waals surface area contributed by atoms with E-state index in [9.17, 15) is 9.59 Å². The summed E-state index contributed by atoms with van der Waals surface area (Å²) in [4.78, 5) is 24.5. The highest BCUT2D eigenvalue weighted by Gasteiger charge is 2.17. The third-order valence-electron chi connectivity index (χ3n) is 4.46. The number of aryl methyl sites for hydroxylation is 1. The normalized spacial score (nSPS) is 10.5. The number of amides is 2. The molecule has 0 saturated carbocycles. The van der Waals surface area contributed by atoms with Crippen LogP contribution < -0.4 is 15.4 Å². The first-order valence-corrected chi connectivity index (χ1v) is 8.90. The van der Waals surface area contributed by atoms with Gasteiger partial charge in [-0.05, 0) is 56.3 Å². The van der Waals surface area contributed by atoms with Gasteiger partial charge in [0.05, 0.1) is 32.0 Å². The van der Waals surface area contributed by atoms with E-state index in [0.29, 0.717) is 11.3 Å². The molecule has 7 heteroatoms. The quantitative estimate of drug-likeness (QED) is 0.659. The number of methoxy groups -OCH3 is 1. The van der Waals surface area contributed by atoms with Gasteiger partial charge in [0.1, 0.15) is 11.5 Å². The van der Waals surface area contributed by atoms with Gasteiger partial charge >= 0.3 is 0 Å². The molecule has 2 N–H and O–H groups in total. The fourth-order valence-corrected chi connectivity index (χ4v) is 3.04. The Morgan fingerprint density at radius 2 is 1.86 bits per heavy atom. The zero-order valence-corrected chi connectivity index (χ0v) is 16.1. The lowest BCUT2D eigenvalue weighted by Crippen LogP contribution is -2.36. The molecule has 0 unspecified atom stereocenters. The number of nitrogens with zero attached hydrogens (tertiary/aromatic N) is 1. The Balaban J connectivity index is 1.64. The number of hydrogen-bond donors (Lipinski definition) is 2. The number of ether oxygens (including phenoxy) is 1. The molecular weight excluding hydrogens is 358 g/mol. The minimum atomic E-state index is -0.291. The van der Waals surface area contributed by atoms with Crippen molar-refractivity contribution in [2.24, 2.45) is 0 Å². The van der Waals surface area contributed by atoms with Gasteiger partial charge in [-0.2, -0.15) is 0 Å². The Labute approximate surface area is 163 Å². The van der Waals surface area contributed by atoms with Crippen LogP contribution in [0.3, 0.4) is 0 Å². The van der Waals surface area contributed by atoms with Crippen molar-refractivity contribution in [2.75, 3.05) is 13.7 Å². The molecule has 28 heavy (non-hydrogen) atoms. The summed E-state index contributed by atoms with van der Waals surface area (Å²) < 4.78 is 12.3. The summed E-state index contributed by atoms with van der Waals surface area (Å²) in [5, 5.41) is 5.36. The Kier molecular flexibility index (Phi) is 5.84. The second-order valence-electron chi connectivity index (χ2n) is 6.36. The monoisotopic (exact) mass is 381 g/mol. The first-order chi connectivity index (χ1) is 13.5. The van der Waals surface area contributed by atoms with Crippen molar-refractivity contribution in [3.63, 3.8) is 0 Å². The van der Waals surface area contributed by atoms with Crippen molar-refractivity contribution in [1.29, 1.82) is 0 Å². The van der Waals surface area contributed by atoms with Crippen LogP contribution in [0.4, 0.5) is 0 Å². The molecule has 0 bridgehead atoms. The fourth-order valence-electron chi connectivity index (χ4n) is 3.04. The SMILES string of the molecule is COc1ccc(-n2c(C)cc(C(=O)NCC(=O)NCc3ccco3)c2C)cc1. The molecule has 146 valence electrons. The van der Waals surface area contributed by atoms with Crippen LogP contribution in [-0.4, -0.2) is 30.0 Å². The average Bonchev–Trinajstić information content (AvgIpc) is 3.32. The van der Waals surface area contributed by atoms with Gasteiger partial charge in [-0.3, -0.25) is 9.59 Å². The van der Waals surface area contributed by atoms with E-state index in [0.717, 1.165) is 22.8 Å². The van der Waals surface area contributed by atoms with Gasteiger partial charge < -0.3 is 24.4 Å². The molecule has 0 spiro atoms. The first-order valence-electron chi connectivity index (χ1n) is 8.90. The molecular formula is C21H23N3O4. The standard InChI is InChI=1S/C21H23N3O4/c1-14-11-19(15(2)24(14)16-6-8-17(27-3)9-7-16)21(26)23-13-20(25)22-12-18-5-4-10-28-18/h4-11H,12-13H2,1-3H3,(H,22,25)(H,23,26). The van der Waals surface area contributed by atoms with Crippen LogP contribution in [-0.2, 0) is 11.3 Å². The molecule has 3 aromatic rings. The maximum Gasteiger partial charge on any atom is 0.253 e. The van der Waals surface area contributed by atoms with Crippen molar-refractivity contribution >= 4 is 11.8 Å². The summed E-state index contributed by atoms with van der Waals surface area (Å²) >= 11 is 0. The minimum Gasteiger partial charge on any atom is -0.497 e. The van der Waals surface area contributed by atoms with Crippen LogP contribution in [0.5, 0.6) is 5.75 Å². The molecule has 0 radical (unpaired) electrons. The topological polar surface area (TPSA) is 85.5 Å². The Morgan fingerprint density at radius 3 is 2.50 bits per heavy atom. The van der Waals surface area contributed by atoms with Crippen LogP contribution in [0.25, 0.3) is 5.69 Å². The minimum absolute atomic E-state index is 0.105. The molecule has 0 atom stereocenters. The second kappa shape index (κ2) is 8.47. The summed E-state index contributed by atoms with van der Waals surface area (Å²) in [5.74, 6) is 0.849. The van der Waals surface area contributed by atoms with Gasteiger partial charge in [0.2, 0.25) is 5.91 Å². The van der Waals surface area contributed by atoms with E-state index in [-0.39, 0.29) is 24.9 Å². The molecule has 0 aliphatic carbocycles. The van der Waals surface area contributed by atoms with Crippen LogP contribution in [0, 0.1) is 13.8 Å². The number of nitrogens with one attached hydrogen (secondary N) is 2. The predicted octanol–water partition coefficient (Wildman–Crippen LogP) is 2.74. The summed E-state index contributed by atoms with van der Waals surface area (Å²) in [6.07, 6.45) is 1.54. The van der Waals surface area contributed by atoms with E-state index in [1.807, 2.05) is 48.7 Å². The molecule has 0 aliphatic rings. The zero-order valence-electron chi connectivity index (χ0n) is 16.1. The second-order valence-corrected chi connectivity index (χ2v) is 6.36. The van der Waals surface area contributed by atoms with Gasteiger partial charge in [0.15, 0.2) is 0 Å². The van der Waals surface area contributed by atoms with Crippen molar-refractivity contribution in [1.82, 2.24) is 15.2 Å². The highest BCUT2D eigenvalue weighted by atomic mass is 16.5. The fraction of sp³-hybridized carbons (Fsp3) is 0.238. The Hall–Kier alpha value is -3.48. The molecule has 7 nitrogen and oxygen atoms in total.